The fourth-order valence-corrected chi connectivity index (χ4v) is 0. The fourth-order valence-electron chi connectivity index (χ4n) is 0. The van der Waals surface area contributed by atoms with E-state index in [2.05, 4.69) is 0 Å². The Kier molecular flexibility index (Phi) is 3560000. The Labute approximate surface area is 60.0 Å². The van der Waals surface area contributed by atoms with Crippen molar-refractivity contribution in [2.45, 2.75) is 14.9 Å². The van der Waals surface area contributed by atoms with E-state index in [1.165, 1.54) is 0 Å². The van der Waals surface area contributed by atoms with Crippen LogP contribution in [0.4, 0.5) is 0 Å². The zero-order valence-electron chi connectivity index (χ0n) is 4.00. The van der Waals surface area contributed by atoms with Crippen LogP contribution in [0.25, 0.3) is 0 Å². The van der Waals surface area contributed by atoms with Gasteiger partial charge in [0.1, 0.15) is 0 Å². The quantitative estimate of drug-likeness (QED) is 0.334. The van der Waals surface area contributed by atoms with Gasteiger partial charge in [0, 0.05) is 0 Å². The minimum atomic E-state index is 0. The maximum Gasteiger partial charge on any atom is -0.0776 e. The first-order valence-electron chi connectivity index (χ1n) is 0. The van der Waals surface area contributed by atoms with E-state index in [-0.39, 0.29) is 58.7 Å². The molecule has 0 aliphatic heterocycles. The van der Waals surface area contributed by atoms with Gasteiger partial charge in [-0.05, 0) is 0 Å². The van der Waals surface area contributed by atoms with Gasteiger partial charge in [-0.2, -0.15) is 0 Å². The van der Waals surface area contributed by atoms with Crippen molar-refractivity contribution >= 4 is 0 Å². The molecule has 80 valence electrons. The first kappa shape index (κ1) is 7120. The summed E-state index contributed by atoms with van der Waals surface area (Å²) in [5.74, 6) is 0. The van der Waals surface area contributed by atoms with Crippen molar-refractivity contribution < 1.29 is 43.8 Å². The molecule has 0 bridgehead atoms. The van der Waals surface area contributed by atoms with Crippen LogP contribution in [0.2, 0.25) is 0 Å². The van der Waals surface area contributed by atoms with Crippen molar-refractivity contribution in [2.75, 3.05) is 0 Å². The zero-order chi connectivity index (χ0) is 0. The molecule has 0 aromatic rings. The lowest BCUT2D eigenvalue weighted by atomic mass is 12.0. The molecule has 0 aromatic heterocycles. The molecule has 0 rings (SSSR count). The Bertz CT molecular complexity index is 7.22. The van der Waals surface area contributed by atoms with Gasteiger partial charge in [0.2, 0.25) is 0 Å². The summed E-state index contributed by atoms with van der Waals surface area (Å²) in [7, 11) is 0. The second kappa shape index (κ2) is 5000. The summed E-state index contributed by atoms with van der Waals surface area (Å²) in [6.45, 7) is 0. The second-order valence-electron chi connectivity index (χ2n) is 0. The molecule has 0 amide bonds. The fraction of sp³-hybridized carbons (Fsp3) is 1.00. The van der Waals surface area contributed by atoms with Gasteiger partial charge in [-0.3, -0.25) is 0 Å². The highest BCUT2D eigenvalue weighted by atomic mass is 16.0. The zero-order valence-corrected chi connectivity index (χ0v) is 4.00. The van der Waals surface area contributed by atoms with Crippen LogP contribution in [0.1, 0.15) is 14.9 Å². The van der Waals surface area contributed by atoms with Crippen LogP contribution in [-0.4, -0.2) is 43.8 Å². The van der Waals surface area contributed by atoms with Gasteiger partial charge < -0.3 is 43.8 Å². The average Bonchev–Trinajstić information content (AvgIpc) is 0. The van der Waals surface area contributed by atoms with Gasteiger partial charge in [0.05, 0.1) is 0 Å². The third-order valence-electron chi connectivity index (χ3n) is 0. The maximum absolute atomic E-state index is 0. The Hall–Kier alpha value is -0.320. The van der Waals surface area contributed by atoms with E-state index in [9.17, 15) is 0 Å². The van der Waals surface area contributed by atoms with Gasteiger partial charge in [-0.1, -0.05) is 14.9 Å². The van der Waals surface area contributed by atoms with Gasteiger partial charge >= 0.3 is 0 Å². The Morgan fingerprint density at radius 2 is 0.200 bits per heavy atom. The van der Waals surface area contributed by atoms with Crippen molar-refractivity contribution in [2.24, 2.45) is 0 Å². The molecule has 0 aliphatic rings. The lowest BCUT2D eigenvalue weighted by Crippen LogP contribution is -0.290. The van der Waals surface area contributed by atoms with E-state index in [0.29, 0.717) is 0 Å². The summed E-state index contributed by atoms with van der Waals surface area (Å²) < 4.78 is 0. The number of hydrogen-bond donors (Lipinski definition) is 0. The lowest BCUT2D eigenvalue weighted by Gasteiger charge is -0.413. The number of hydrogen-bond acceptors (Lipinski definition) is 0. The van der Waals surface area contributed by atoms with E-state index in [1.54, 1.807) is 0 Å². The van der Waals surface area contributed by atoms with Crippen LogP contribution in [0.15, 0.2) is 0 Å². The van der Waals surface area contributed by atoms with Crippen molar-refractivity contribution in [1.29, 1.82) is 0 Å². The van der Waals surface area contributed by atoms with Gasteiger partial charge in [0.15, 0.2) is 0 Å². The molecule has 0 fully saturated rings. The third kappa shape index (κ3) is 3350. The second-order valence-corrected chi connectivity index (χ2v) is 0. The van der Waals surface area contributed by atoms with Crippen LogP contribution in [0, 0.1) is 0 Å². The molecule has 10 heavy (non-hydrogen) atoms. The van der Waals surface area contributed by atoms with E-state index < -0.39 is 0 Å². The Morgan fingerprint density at radius 1 is 0.200 bits per heavy atom. The normalized spacial score (nSPS) is 0. The van der Waals surface area contributed by atoms with Crippen LogP contribution in [0.5, 0.6) is 0 Å². The van der Waals surface area contributed by atoms with Gasteiger partial charge in [0.25, 0.3) is 0 Å². The molecule has 8 nitrogen and oxygen atoms in total. The molecule has 0 saturated carbocycles. The van der Waals surface area contributed by atoms with Gasteiger partial charge in [-0.25, -0.2) is 0 Å². The molecular weight excluding hydrogens is 152 g/mol. The topological polar surface area (TPSA) is 252 Å². The molecule has 0 radical (unpaired) electrons. The van der Waals surface area contributed by atoms with Crippen LogP contribution in [-0.2, 0) is 0 Å². The van der Waals surface area contributed by atoms with E-state index >= 15 is 0 Å². The molecule has 8 heteroatoms. The highest BCUT2D eigenvalue weighted by Gasteiger charge is -0.0765. The van der Waals surface area contributed by atoms with Crippen molar-refractivity contribution in [1.82, 2.24) is 0 Å². The molecule has 0 heterocycles. The molecule has 0 spiro atoms. The summed E-state index contributed by atoms with van der Waals surface area (Å²) >= 11 is 0. The average molecular weight is 176 g/mol. The lowest BCUT2D eigenvalue weighted by molar-refractivity contribution is 0.823. The Balaban J connectivity index is 0. The van der Waals surface area contributed by atoms with Crippen molar-refractivity contribution in [3.8, 4) is 0 Å². The van der Waals surface area contributed by atoms with E-state index in [4.69, 9.17) is 0 Å². The molecule has 0 aromatic carbocycles. The van der Waals surface area contributed by atoms with E-state index in [0.717, 1.165) is 0 Å². The predicted molar refractivity (Wildman–Crippen MR) is 42.4 cm³/mol. The van der Waals surface area contributed by atoms with Crippen molar-refractivity contribution in [3.05, 3.63) is 0 Å². The minimum absolute atomic E-state index is 0. The SMILES string of the molecule is C.C.O.O.O.O.O.O.O.O. The molecule has 0 unspecified atom stereocenters. The highest BCUT2D eigenvalue weighted by Crippen LogP contribution is 0.145. The van der Waals surface area contributed by atoms with Crippen LogP contribution < -0.4 is 0 Å². The summed E-state index contributed by atoms with van der Waals surface area (Å²) in [6, 6.07) is 0. The largest absolute Gasteiger partial charge is 0.412 e. The van der Waals surface area contributed by atoms with E-state index in [1.807, 2.05) is 0 Å². The van der Waals surface area contributed by atoms with Gasteiger partial charge in [-0.15, -0.1) is 0 Å². The Morgan fingerprint density at radius 3 is 0.200 bits per heavy atom. The minimum Gasteiger partial charge on any atom is -0.412 e. The summed E-state index contributed by atoms with van der Waals surface area (Å²) in [5.41, 5.74) is 0. The monoisotopic (exact) mass is 176 g/mol. The smallest absolute Gasteiger partial charge is 0.0776 e. The molecule has 16 N–H and O–H groups in total. The van der Waals surface area contributed by atoms with Crippen molar-refractivity contribution in [3.63, 3.8) is 0 Å². The maximum atomic E-state index is 0. The molecule has 0 saturated heterocycles. The predicted octanol–water partition coefficient (Wildman–Crippen LogP) is -5.33. The first-order valence-corrected chi connectivity index (χ1v) is 0. The first-order chi connectivity index (χ1) is 0. The molecule has 0 atom stereocenters. The summed E-state index contributed by atoms with van der Waals surface area (Å²) in [4.78, 5) is 0. The standard InChI is InChI=1S/2CH4.8H2O/h2*1H4;8*1H2. The highest BCUT2D eigenvalue weighted by molar-refractivity contribution is 2.50. The molecule has 0 aliphatic carbocycles. The third-order valence-corrected chi connectivity index (χ3v) is 0. The number of rotatable bonds is 0. The molecular formula is C2H24O8. The summed E-state index contributed by atoms with van der Waals surface area (Å²) in [6.07, 6.45) is 0. The van der Waals surface area contributed by atoms with Crippen LogP contribution >= 0.6 is 0 Å². The van der Waals surface area contributed by atoms with Crippen LogP contribution in [0.3, 0.4) is 0 Å². The summed E-state index contributed by atoms with van der Waals surface area (Å²) in [5, 5.41) is 0.